The van der Waals surface area contributed by atoms with Gasteiger partial charge in [0.1, 0.15) is 5.54 Å². The van der Waals surface area contributed by atoms with Crippen molar-refractivity contribution in [3.05, 3.63) is 60.3 Å². The molecule has 0 unspecified atom stereocenters. The smallest absolute Gasteiger partial charge is 0.340 e. The molecule has 4 rings (SSSR count). The Kier molecular flexibility index (Phi) is 4.15. The second kappa shape index (κ2) is 6.53. The Labute approximate surface area is 161 Å². The molecule has 28 heavy (non-hydrogen) atoms. The molecule has 7 nitrogen and oxygen atoms in total. The number of para-hydroxylation sites is 3. The lowest BCUT2D eigenvalue weighted by Gasteiger charge is -2.41. The van der Waals surface area contributed by atoms with E-state index in [1.807, 2.05) is 18.2 Å². The summed E-state index contributed by atoms with van der Waals surface area (Å²) in [4.78, 5) is 42.2. The Hall–Kier alpha value is -3.61. The average molecular weight is 377 g/mol. The Bertz CT molecular complexity index is 1100. The number of carbonyl (C=O) groups excluding carboxylic acids is 3. The Morgan fingerprint density at radius 3 is 2.61 bits per heavy atom. The van der Waals surface area contributed by atoms with Crippen molar-refractivity contribution in [2.75, 3.05) is 16.8 Å². The molecule has 0 spiro atoms. The summed E-state index contributed by atoms with van der Waals surface area (Å²) in [5.41, 5.74) is 1.17. The highest BCUT2D eigenvalue weighted by Gasteiger charge is 2.43. The third kappa shape index (κ3) is 2.81. The highest BCUT2D eigenvalue weighted by Crippen LogP contribution is 2.36. The number of nitrogens with zero attached hydrogens (tertiary/aromatic N) is 1. The zero-order chi connectivity index (χ0) is 19.9. The van der Waals surface area contributed by atoms with Crippen molar-refractivity contribution in [1.29, 1.82) is 0 Å². The van der Waals surface area contributed by atoms with Gasteiger partial charge in [-0.2, -0.15) is 0 Å². The fourth-order valence-corrected chi connectivity index (χ4v) is 3.41. The highest BCUT2D eigenvalue weighted by molar-refractivity contribution is 6.14. The van der Waals surface area contributed by atoms with E-state index < -0.39 is 24.0 Å². The van der Waals surface area contributed by atoms with Crippen LogP contribution in [0.1, 0.15) is 24.2 Å². The van der Waals surface area contributed by atoms with Crippen molar-refractivity contribution in [3.8, 4) is 0 Å². The van der Waals surface area contributed by atoms with Crippen LogP contribution in [0.2, 0.25) is 0 Å². The maximum absolute atomic E-state index is 12.9. The Morgan fingerprint density at radius 2 is 1.79 bits per heavy atom. The van der Waals surface area contributed by atoms with Gasteiger partial charge in [0, 0.05) is 17.1 Å². The zero-order valence-corrected chi connectivity index (χ0v) is 15.5. The van der Waals surface area contributed by atoms with Crippen LogP contribution in [0.3, 0.4) is 0 Å². The molecule has 0 aliphatic carbocycles. The average Bonchev–Trinajstić information content (AvgIpc) is 3.11. The number of amides is 2. The third-order valence-electron chi connectivity index (χ3n) is 4.89. The summed E-state index contributed by atoms with van der Waals surface area (Å²) in [6.07, 6.45) is 1.56. The quantitative estimate of drug-likeness (QED) is 0.686. The number of carbonyl (C=O) groups is 3. The van der Waals surface area contributed by atoms with Gasteiger partial charge < -0.3 is 15.0 Å². The molecule has 142 valence electrons. The van der Waals surface area contributed by atoms with Crippen molar-refractivity contribution in [2.24, 2.45) is 0 Å². The predicted molar refractivity (Wildman–Crippen MR) is 105 cm³/mol. The molecule has 0 atom stereocenters. The minimum absolute atomic E-state index is 0.303. The summed E-state index contributed by atoms with van der Waals surface area (Å²) in [5, 5.41) is 3.52. The van der Waals surface area contributed by atoms with Crippen LogP contribution in [0.25, 0.3) is 10.9 Å². The number of aromatic nitrogens is 1. The maximum Gasteiger partial charge on any atom is 0.340 e. The largest absolute Gasteiger partial charge is 0.452 e. The van der Waals surface area contributed by atoms with E-state index in [9.17, 15) is 14.4 Å². The lowest BCUT2D eigenvalue weighted by atomic mass is 9.96. The van der Waals surface area contributed by atoms with E-state index >= 15 is 0 Å². The SMILES string of the molecule is CC1(C)C(=O)Nc2ccccc2N1C(=O)COC(=O)c1c[nH]c2ccccc12. The van der Waals surface area contributed by atoms with Crippen LogP contribution in [0.4, 0.5) is 11.4 Å². The molecule has 2 aromatic carbocycles. The maximum atomic E-state index is 12.9. The molecule has 0 saturated heterocycles. The monoisotopic (exact) mass is 377 g/mol. The van der Waals surface area contributed by atoms with Gasteiger partial charge in [-0.15, -0.1) is 0 Å². The number of hydrogen-bond acceptors (Lipinski definition) is 4. The summed E-state index contributed by atoms with van der Waals surface area (Å²) >= 11 is 0. The van der Waals surface area contributed by atoms with Crippen molar-refractivity contribution >= 4 is 40.1 Å². The van der Waals surface area contributed by atoms with Crippen LogP contribution in [-0.4, -0.2) is 34.9 Å². The van der Waals surface area contributed by atoms with E-state index in [1.54, 1.807) is 50.4 Å². The normalized spacial score (nSPS) is 15.1. The second-order valence-corrected chi connectivity index (χ2v) is 7.08. The summed E-state index contributed by atoms with van der Waals surface area (Å²) in [6.45, 7) is 2.83. The van der Waals surface area contributed by atoms with Gasteiger partial charge in [-0.05, 0) is 32.0 Å². The molecule has 2 heterocycles. The minimum Gasteiger partial charge on any atom is -0.452 e. The number of nitrogens with one attached hydrogen (secondary N) is 2. The topological polar surface area (TPSA) is 91.5 Å². The van der Waals surface area contributed by atoms with E-state index in [0.29, 0.717) is 16.9 Å². The number of rotatable bonds is 3. The zero-order valence-electron chi connectivity index (χ0n) is 15.5. The van der Waals surface area contributed by atoms with Gasteiger partial charge in [-0.25, -0.2) is 4.79 Å². The van der Waals surface area contributed by atoms with Gasteiger partial charge >= 0.3 is 5.97 Å². The van der Waals surface area contributed by atoms with Gasteiger partial charge in [0.15, 0.2) is 6.61 Å². The fourth-order valence-electron chi connectivity index (χ4n) is 3.41. The third-order valence-corrected chi connectivity index (χ3v) is 4.89. The van der Waals surface area contributed by atoms with Crippen LogP contribution in [-0.2, 0) is 14.3 Å². The summed E-state index contributed by atoms with van der Waals surface area (Å²) < 4.78 is 5.27. The van der Waals surface area contributed by atoms with Crippen LogP contribution < -0.4 is 10.2 Å². The number of aromatic amines is 1. The molecule has 0 bridgehead atoms. The first-order valence-corrected chi connectivity index (χ1v) is 8.86. The summed E-state index contributed by atoms with van der Waals surface area (Å²) in [7, 11) is 0. The number of esters is 1. The minimum atomic E-state index is -1.11. The molecule has 3 aromatic rings. The van der Waals surface area contributed by atoms with E-state index in [2.05, 4.69) is 10.3 Å². The molecule has 2 N–H and O–H groups in total. The number of fused-ring (bicyclic) bond motifs is 2. The van der Waals surface area contributed by atoms with E-state index in [-0.39, 0.29) is 5.91 Å². The number of H-pyrrole nitrogens is 1. The van der Waals surface area contributed by atoms with Gasteiger partial charge in [-0.1, -0.05) is 30.3 Å². The van der Waals surface area contributed by atoms with Gasteiger partial charge in [0.2, 0.25) is 5.91 Å². The fraction of sp³-hybridized carbons (Fsp3) is 0.190. The van der Waals surface area contributed by atoms with Gasteiger partial charge in [0.25, 0.3) is 5.91 Å². The summed E-state index contributed by atoms with van der Waals surface area (Å²) in [6, 6.07) is 14.4. The molecule has 7 heteroatoms. The number of anilines is 2. The highest BCUT2D eigenvalue weighted by atomic mass is 16.5. The first kappa shape index (κ1) is 17.8. The predicted octanol–water partition coefficient (Wildman–Crippen LogP) is 3.09. The molecule has 1 aliphatic heterocycles. The second-order valence-electron chi connectivity index (χ2n) is 7.08. The molecule has 1 aromatic heterocycles. The van der Waals surface area contributed by atoms with Crippen LogP contribution in [0.15, 0.2) is 54.7 Å². The number of benzene rings is 2. The lowest BCUT2D eigenvalue weighted by Crippen LogP contribution is -2.59. The van der Waals surface area contributed by atoms with Crippen molar-refractivity contribution < 1.29 is 19.1 Å². The van der Waals surface area contributed by atoms with Crippen molar-refractivity contribution in [2.45, 2.75) is 19.4 Å². The summed E-state index contributed by atoms with van der Waals surface area (Å²) in [5.74, 6) is -1.37. The standard InChI is InChI=1S/C21H19N3O4/c1-21(2)20(27)23-16-9-5-6-10-17(16)24(21)18(25)12-28-19(26)14-11-22-15-8-4-3-7-13(14)15/h3-11,22H,12H2,1-2H3,(H,23,27). The number of ether oxygens (including phenoxy) is 1. The Morgan fingerprint density at radius 1 is 1.07 bits per heavy atom. The lowest BCUT2D eigenvalue weighted by molar-refractivity contribution is -0.128. The molecular weight excluding hydrogens is 358 g/mol. The van der Waals surface area contributed by atoms with Crippen LogP contribution in [0.5, 0.6) is 0 Å². The molecule has 2 amide bonds. The van der Waals surface area contributed by atoms with Gasteiger partial charge in [0.05, 0.1) is 16.9 Å². The van der Waals surface area contributed by atoms with Crippen molar-refractivity contribution in [3.63, 3.8) is 0 Å². The number of hydrogen-bond donors (Lipinski definition) is 2. The van der Waals surface area contributed by atoms with E-state index in [1.165, 1.54) is 4.90 Å². The van der Waals surface area contributed by atoms with Gasteiger partial charge in [-0.3, -0.25) is 14.5 Å². The molecule has 1 aliphatic rings. The molecular formula is C21H19N3O4. The molecule has 0 saturated carbocycles. The Balaban J connectivity index is 1.56. The first-order chi connectivity index (χ1) is 13.4. The van der Waals surface area contributed by atoms with Crippen molar-refractivity contribution in [1.82, 2.24) is 4.98 Å². The van der Waals surface area contributed by atoms with E-state index in [4.69, 9.17) is 4.74 Å². The van der Waals surface area contributed by atoms with Crippen LogP contribution >= 0.6 is 0 Å². The molecule has 0 fully saturated rings. The molecule has 0 radical (unpaired) electrons. The first-order valence-electron chi connectivity index (χ1n) is 8.86. The van der Waals surface area contributed by atoms with Crippen LogP contribution in [0, 0.1) is 0 Å². The van der Waals surface area contributed by atoms with E-state index in [0.717, 1.165) is 10.9 Å².